The molecule has 2 atom stereocenters. The third kappa shape index (κ3) is 5.35. The minimum atomic E-state index is -3.03. The molecular weight excluding hydrogens is 316 g/mol. The zero-order valence-corrected chi connectivity index (χ0v) is 14.2. The summed E-state index contributed by atoms with van der Waals surface area (Å²) < 4.78 is 22.9. The van der Waals surface area contributed by atoms with Crippen molar-refractivity contribution in [3.05, 3.63) is 35.4 Å². The van der Waals surface area contributed by atoms with Crippen LogP contribution in [0.25, 0.3) is 0 Å². The Balaban J connectivity index is 2.01. The highest BCUT2D eigenvalue weighted by molar-refractivity contribution is 7.91. The maximum atomic E-state index is 12.2. The number of amides is 2. The first kappa shape index (κ1) is 17.5. The van der Waals surface area contributed by atoms with Crippen LogP contribution in [-0.2, 0) is 19.4 Å². The number of nitrogens with one attached hydrogen (secondary N) is 2. The Labute approximate surface area is 136 Å². The lowest BCUT2D eigenvalue weighted by molar-refractivity contribution is -0.123. The van der Waals surface area contributed by atoms with Crippen LogP contribution < -0.4 is 10.6 Å². The van der Waals surface area contributed by atoms with Gasteiger partial charge in [0.15, 0.2) is 9.84 Å². The van der Waals surface area contributed by atoms with Gasteiger partial charge in [0.05, 0.1) is 24.0 Å². The molecule has 0 aromatic heterocycles. The summed E-state index contributed by atoms with van der Waals surface area (Å²) in [6.07, 6.45) is 0.530. The summed E-state index contributed by atoms with van der Waals surface area (Å²) in [5, 5.41) is 5.52. The smallest absolute Gasteiger partial charge is 0.222 e. The van der Waals surface area contributed by atoms with Gasteiger partial charge in [-0.1, -0.05) is 29.8 Å². The van der Waals surface area contributed by atoms with Crippen LogP contribution in [0, 0.1) is 6.92 Å². The van der Waals surface area contributed by atoms with Crippen LogP contribution in [0.2, 0.25) is 0 Å². The average molecular weight is 338 g/mol. The Bertz CT molecular complexity index is 683. The van der Waals surface area contributed by atoms with Crippen LogP contribution in [0.1, 0.15) is 36.9 Å². The van der Waals surface area contributed by atoms with Gasteiger partial charge >= 0.3 is 0 Å². The van der Waals surface area contributed by atoms with Crippen LogP contribution in [-0.4, -0.2) is 37.8 Å². The van der Waals surface area contributed by atoms with Gasteiger partial charge in [-0.3, -0.25) is 9.59 Å². The third-order valence-electron chi connectivity index (χ3n) is 3.84. The van der Waals surface area contributed by atoms with Crippen molar-refractivity contribution in [2.75, 3.05) is 11.5 Å². The van der Waals surface area contributed by atoms with Gasteiger partial charge < -0.3 is 10.6 Å². The van der Waals surface area contributed by atoms with E-state index in [-0.39, 0.29) is 35.8 Å². The topological polar surface area (TPSA) is 92.3 Å². The molecule has 7 heteroatoms. The molecule has 23 heavy (non-hydrogen) atoms. The predicted molar refractivity (Wildman–Crippen MR) is 87.6 cm³/mol. The van der Waals surface area contributed by atoms with Crippen LogP contribution in [0.15, 0.2) is 24.3 Å². The Morgan fingerprint density at radius 3 is 2.43 bits per heavy atom. The maximum absolute atomic E-state index is 12.2. The highest BCUT2D eigenvalue weighted by Gasteiger charge is 2.29. The van der Waals surface area contributed by atoms with Gasteiger partial charge in [0.2, 0.25) is 11.8 Å². The van der Waals surface area contributed by atoms with E-state index in [4.69, 9.17) is 0 Å². The van der Waals surface area contributed by atoms with E-state index in [1.54, 1.807) is 0 Å². The molecule has 0 saturated carbocycles. The minimum absolute atomic E-state index is 0.00588. The largest absolute Gasteiger partial charge is 0.352 e. The van der Waals surface area contributed by atoms with Gasteiger partial charge in [-0.05, 0) is 18.9 Å². The highest BCUT2D eigenvalue weighted by Crippen LogP contribution is 2.18. The van der Waals surface area contributed by atoms with E-state index >= 15 is 0 Å². The molecule has 1 aliphatic heterocycles. The molecule has 0 bridgehead atoms. The molecule has 1 saturated heterocycles. The first-order valence-electron chi connectivity index (χ1n) is 7.58. The molecule has 2 rings (SSSR count). The number of hydrogen-bond donors (Lipinski definition) is 2. The lowest BCUT2D eigenvalue weighted by Crippen LogP contribution is -2.38. The number of carbonyl (C=O) groups is 2. The summed E-state index contributed by atoms with van der Waals surface area (Å²) in [7, 11) is -3.03. The average Bonchev–Trinajstić information content (AvgIpc) is 2.77. The van der Waals surface area contributed by atoms with Crippen molar-refractivity contribution >= 4 is 21.7 Å². The SMILES string of the molecule is CC(=O)N[C@@H](CC(=O)N[C@@H]1CCS(=O)(=O)C1)c1ccc(C)cc1. The van der Waals surface area contributed by atoms with E-state index in [9.17, 15) is 18.0 Å². The first-order chi connectivity index (χ1) is 10.7. The van der Waals surface area contributed by atoms with E-state index in [1.807, 2.05) is 31.2 Å². The third-order valence-corrected chi connectivity index (χ3v) is 5.61. The monoisotopic (exact) mass is 338 g/mol. The molecule has 0 unspecified atom stereocenters. The zero-order valence-electron chi connectivity index (χ0n) is 13.3. The molecular formula is C16H22N2O4S. The lowest BCUT2D eigenvalue weighted by Gasteiger charge is -2.19. The number of rotatable bonds is 5. The Kier molecular flexibility index (Phi) is 5.41. The number of sulfone groups is 1. The summed E-state index contributed by atoms with van der Waals surface area (Å²) in [6, 6.07) is 6.85. The number of aryl methyl sites for hydroxylation is 1. The van der Waals surface area contributed by atoms with Crippen molar-refractivity contribution in [2.24, 2.45) is 0 Å². The van der Waals surface area contributed by atoms with Crippen molar-refractivity contribution < 1.29 is 18.0 Å². The Hall–Kier alpha value is -1.89. The fraction of sp³-hybridized carbons (Fsp3) is 0.500. The second kappa shape index (κ2) is 7.12. The molecule has 0 spiro atoms. The van der Waals surface area contributed by atoms with Gasteiger partial charge in [0, 0.05) is 13.0 Å². The van der Waals surface area contributed by atoms with Crippen LogP contribution in [0.4, 0.5) is 0 Å². The van der Waals surface area contributed by atoms with Gasteiger partial charge in [0.1, 0.15) is 0 Å². The molecule has 1 fully saturated rings. The summed E-state index contributed by atoms with van der Waals surface area (Å²) in [6.45, 7) is 3.37. The quantitative estimate of drug-likeness (QED) is 0.833. The lowest BCUT2D eigenvalue weighted by atomic mass is 10.0. The molecule has 1 aromatic carbocycles. The summed E-state index contributed by atoms with van der Waals surface area (Å²) in [4.78, 5) is 23.6. The Morgan fingerprint density at radius 2 is 1.91 bits per heavy atom. The van der Waals surface area contributed by atoms with Crippen molar-refractivity contribution in [2.45, 2.75) is 38.8 Å². The molecule has 0 radical (unpaired) electrons. The number of benzene rings is 1. The number of hydrogen-bond acceptors (Lipinski definition) is 4. The second-order valence-electron chi connectivity index (χ2n) is 6.04. The van der Waals surface area contributed by atoms with Crippen molar-refractivity contribution in [3.8, 4) is 0 Å². The minimum Gasteiger partial charge on any atom is -0.352 e. The van der Waals surface area contributed by atoms with Crippen molar-refractivity contribution in [1.29, 1.82) is 0 Å². The highest BCUT2D eigenvalue weighted by atomic mass is 32.2. The second-order valence-corrected chi connectivity index (χ2v) is 8.26. The summed E-state index contributed by atoms with van der Waals surface area (Å²) in [5.41, 5.74) is 1.94. The van der Waals surface area contributed by atoms with E-state index < -0.39 is 15.9 Å². The van der Waals surface area contributed by atoms with Gasteiger partial charge in [-0.2, -0.15) is 0 Å². The van der Waals surface area contributed by atoms with Gasteiger partial charge in [-0.15, -0.1) is 0 Å². The molecule has 126 valence electrons. The fourth-order valence-corrected chi connectivity index (χ4v) is 4.35. The molecule has 2 N–H and O–H groups in total. The zero-order chi connectivity index (χ0) is 17.0. The molecule has 0 aliphatic carbocycles. The van der Waals surface area contributed by atoms with Gasteiger partial charge in [0.25, 0.3) is 0 Å². The summed E-state index contributed by atoms with van der Waals surface area (Å²) in [5.74, 6) is -0.364. The van der Waals surface area contributed by atoms with E-state index in [2.05, 4.69) is 10.6 Å². The van der Waals surface area contributed by atoms with Crippen molar-refractivity contribution in [3.63, 3.8) is 0 Å². The first-order valence-corrected chi connectivity index (χ1v) is 9.41. The Morgan fingerprint density at radius 1 is 1.26 bits per heavy atom. The maximum Gasteiger partial charge on any atom is 0.222 e. The van der Waals surface area contributed by atoms with E-state index in [0.29, 0.717) is 6.42 Å². The van der Waals surface area contributed by atoms with Crippen LogP contribution in [0.5, 0.6) is 0 Å². The summed E-state index contributed by atoms with van der Waals surface area (Å²) >= 11 is 0. The molecule has 6 nitrogen and oxygen atoms in total. The standard InChI is InChI=1S/C16H22N2O4S/c1-11-3-5-13(6-4-11)15(17-12(2)19)9-16(20)18-14-7-8-23(21,22)10-14/h3-6,14-15H,7-10H2,1-2H3,(H,17,19)(H,18,20)/t14-,15+/m1/s1. The van der Waals surface area contributed by atoms with Gasteiger partial charge in [-0.25, -0.2) is 8.42 Å². The molecule has 1 aliphatic rings. The fourth-order valence-electron chi connectivity index (χ4n) is 2.68. The van der Waals surface area contributed by atoms with E-state index in [0.717, 1.165) is 11.1 Å². The molecule has 2 amide bonds. The van der Waals surface area contributed by atoms with Crippen LogP contribution >= 0.6 is 0 Å². The van der Waals surface area contributed by atoms with Crippen LogP contribution in [0.3, 0.4) is 0 Å². The predicted octanol–water partition coefficient (Wildman–Crippen LogP) is 0.866. The normalized spacial score (nSPS) is 20.7. The van der Waals surface area contributed by atoms with E-state index in [1.165, 1.54) is 6.92 Å². The molecule has 1 heterocycles. The molecule has 1 aromatic rings. The van der Waals surface area contributed by atoms with Crippen molar-refractivity contribution in [1.82, 2.24) is 10.6 Å². The number of carbonyl (C=O) groups excluding carboxylic acids is 2.